The Labute approximate surface area is 82.6 Å². The summed E-state index contributed by atoms with van der Waals surface area (Å²) in [7, 11) is 0. The second-order valence-corrected chi connectivity index (χ2v) is 3.19. The van der Waals surface area contributed by atoms with Crippen LogP contribution >= 0.6 is 0 Å². The minimum atomic E-state index is -0.504. The van der Waals surface area contributed by atoms with Crippen molar-refractivity contribution < 1.29 is 14.6 Å². The van der Waals surface area contributed by atoms with Crippen molar-refractivity contribution in [2.24, 2.45) is 0 Å². The van der Waals surface area contributed by atoms with Gasteiger partial charge in [0.1, 0.15) is 0 Å². The standard InChI is InChI=1S/C11H12O3/c1-2-9(12)5-8-3-4-10-11(6-8)14-7-13-10/h2-4,6,9,12H,1,5,7H2. The highest BCUT2D eigenvalue weighted by molar-refractivity contribution is 5.44. The molecule has 1 unspecified atom stereocenters. The average molecular weight is 192 g/mol. The van der Waals surface area contributed by atoms with Gasteiger partial charge in [-0.15, -0.1) is 6.58 Å². The molecule has 1 N–H and O–H groups in total. The lowest BCUT2D eigenvalue weighted by atomic mass is 10.1. The Kier molecular flexibility index (Phi) is 2.41. The highest BCUT2D eigenvalue weighted by Crippen LogP contribution is 2.32. The molecule has 1 aliphatic heterocycles. The fraction of sp³-hybridized carbons (Fsp3) is 0.273. The van der Waals surface area contributed by atoms with Gasteiger partial charge in [-0.1, -0.05) is 12.1 Å². The zero-order valence-corrected chi connectivity index (χ0v) is 7.77. The molecule has 1 aliphatic rings. The number of rotatable bonds is 3. The first-order valence-electron chi connectivity index (χ1n) is 4.49. The van der Waals surface area contributed by atoms with Crippen molar-refractivity contribution in [1.82, 2.24) is 0 Å². The Bertz CT molecular complexity index is 346. The molecule has 74 valence electrons. The molecular formula is C11H12O3. The van der Waals surface area contributed by atoms with Crippen molar-refractivity contribution in [3.8, 4) is 11.5 Å². The van der Waals surface area contributed by atoms with Crippen LogP contribution in [0.25, 0.3) is 0 Å². The first-order valence-corrected chi connectivity index (χ1v) is 4.49. The van der Waals surface area contributed by atoms with E-state index in [4.69, 9.17) is 9.47 Å². The Morgan fingerprint density at radius 1 is 1.43 bits per heavy atom. The molecule has 3 nitrogen and oxygen atoms in total. The van der Waals surface area contributed by atoms with Gasteiger partial charge in [-0.05, 0) is 17.7 Å². The number of benzene rings is 1. The van der Waals surface area contributed by atoms with E-state index in [2.05, 4.69) is 6.58 Å². The van der Waals surface area contributed by atoms with Crippen LogP contribution in [0.2, 0.25) is 0 Å². The van der Waals surface area contributed by atoms with E-state index in [1.54, 1.807) is 0 Å². The van der Waals surface area contributed by atoms with Crippen LogP contribution in [0.15, 0.2) is 30.9 Å². The summed E-state index contributed by atoms with van der Waals surface area (Å²) in [4.78, 5) is 0. The van der Waals surface area contributed by atoms with Crippen LogP contribution in [0, 0.1) is 0 Å². The number of aliphatic hydroxyl groups is 1. The van der Waals surface area contributed by atoms with Crippen LogP contribution in [0.3, 0.4) is 0 Å². The quantitative estimate of drug-likeness (QED) is 0.738. The SMILES string of the molecule is C=CC(O)Cc1ccc2c(c1)OCO2. The molecule has 0 radical (unpaired) electrons. The van der Waals surface area contributed by atoms with Crippen LogP contribution in [-0.4, -0.2) is 18.0 Å². The molecule has 1 heterocycles. The van der Waals surface area contributed by atoms with Gasteiger partial charge in [0.15, 0.2) is 11.5 Å². The van der Waals surface area contributed by atoms with Gasteiger partial charge in [0, 0.05) is 6.42 Å². The third-order valence-electron chi connectivity index (χ3n) is 2.15. The van der Waals surface area contributed by atoms with E-state index >= 15 is 0 Å². The molecule has 0 bridgehead atoms. The molecule has 2 rings (SSSR count). The maximum atomic E-state index is 9.37. The summed E-state index contributed by atoms with van der Waals surface area (Å²) in [6.45, 7) is 3.80. The van der Waals surface area contributed by atoms with Gasteiger partial charge in [0.2, 0.25) is 6.79 Å². The normalized spacial score (nSPS) is 15.2. The summed E-state index contributed by atoms with van der Waals surface area (Å²) in [5, 5.41) is 9.37. The predicted octanol–water partition coefficient (Wildman–Crippen LogP) is 1.50. The van der Waals surface area contributed by atoms with Crippen molar-refractivity contribution in [1.29, 1.82) is 0 Å². The lowest BCUT2D eigenvalue weighted by molar-refractivity contribution is 0.174. The summed E-state index contributed by atoms with van der Waals surface area (Å²) in [5.74, 6) is 1.51. The van der Waals surface area contributed by atoms with E-state index in [1.165, 1.54) is 6.08 Å². The molecule has 0 saturated carbocycles. The van der Waals surface area contributed by atoms with Gasteiger partial charge >= 0.3 is 0 Å². The topological polar surface area (TPSA) is 38.7 Å². The zero-order valence-electron chi connectivity index (χ0n) is 7.77. The molecule has 0 fully saturated rings. The monoisotopic (exact) mass is 192 g/mol. The highest BCUT2D eigenvalue weighted by Gasteiger charge is 2.13. The average Bonchev–Trinajstić information content (AvgIpc) is 2.64. The maximum Gasteiger partial charge on any atom is 0.231 e. The molecule has 14 heavy (non-hydrogen) atoms. The van der Waals surface area contributed by atoms with Gasteiger partial charge in [-0.2, -0.15) is 0 Å². The van der Waals surface area contributed by atoms with Crippen molar-refractivity contribution in [3.63, 3.8) is 0 Å². The molecule has 1 aromatic carbocycles. The molecule has 0 saturated heterocycles. The predicted molar refractivity (Wildman–Crippen MR) is 52.5 cm³/mol. The smallest absolute Gasteiger partial charge is 0.231 e. The van der Waals surface area contributed by atoms with Gasteiger partial charge in [-0.25, -0.2) is 0 Å². The zero-order chi connectivity index (χ0) is 9.97. The Hall–Kier alpha value is -1.48. The van der Waals surface area contributed by atoms with E-state index in [0.29, 0.717) is 6.42 Å². The van der Waals surface area contributed by atoms with Gasteiger partial charge < -0.3 is 14.6 Å². The van der Waals surface area contributed by atoms with Crippen LogP contribution in [0.4, 0.5) is 0 Å². The maximum absolute atomic E-state index is 9.37. The van der Waals surface area contributed by atoms with Gasteiger partial charge in [-0.3, -0.25) is 0 Å². The largest absolute Gasteiger partial charge is 0.454 e. The second-order valence-electron chi connectivity index (χ2n) is 3.19. The van der Waals surface area contributed by atoms with Crippen LogP contribution in [-0.2, 0) is 6.42 Å². The molecule has 0 amide bonds. The van der Waals surface area contributed by atoms with Crippen molar-refractivity contribution in [2.45, 2.75) is 12.5 Å². The van der Waals surface area contributed by atoms with E-state index in [-0.39, 0.29) is 6.79 Å². The first kappa shape index (κ1) is 9.09. The number of hydrogen-bond donors (Lipinski definition) is 1. The van der Waals surface area contributed by atoms with Crippen molar-refractivity contribution >= 4 is 0 Å². The van der Waals surface area contributed by atoms with Gasteiger partial charge in [0.25, 0.3) is 0 Å². The van der Waals surface area contributed by atoms with E-state index in [9.17, 15) is 5.11 Å². The first-order chi connectivity index (χ1) is 6.79. The molecule has 0 aromatic heterocycles. The molecular weight excluding hydrogens is 180 g/mol. The van der Waals surface area contributed by atoms with E-state index < -0.39 is 6.10 Å². The number of fused-ring (bicyclic) bond motifs is 1. The lowest BCUT2D eigenvalue weighted by Crippen LogP contribution is -2.05. The van der Waals surface area contributed by atoms with Crippen LogP contribution in [0.1, 0.15) is 5.56 Å². The van der Waals surface area contributed by atoms with E-state index in [1.807, 2.05) is 18.2 Å². The third kappa shape index (κ3) is 1.72. The third-order valence-corrected chi connectivity index (χ3v) is 2.15. The fourth-order valence-corrected chi connectivity index (χ4v) is 1.39. The Morgan fingerprint density at radius 3 is 3.00 bits per heavy atom. The van der Waals surface area contributed by atoms with Crippen LogP contribution < -0.4 is 9.47 Å². The minimum absolute atomic E-state index is 0.281. The summed E-state index contributed by atoms with van der Waals surface area (Å²) in [6.07, 6.45) is 1.57. The van der Waals surface area contributed by atoms with Crippen LogP contribution in [0.5, 0.6) is 11.5 Å². The molecule has 0 spiro atoms. The fourth-order valence-electron chi connectivity index (χ4n) is 1.39. The second kappa shape index (κ2) is 3.72. The molecule has 1 aromatic rings. The highest BCUT2D eigenvalue weighted by atomic mass is 16.7. The van der Waals surface area contributed by atoms with Gasteiger partial charge in [0.05, 0.1) is 6.10 Å². The molecule has 3 heteroatoms. The summed E-state index contributed by atoms with van der Waals surface area (Å²) in [6, 6.07) is 5.66. The molecule has 1 atom stereocenters. The summed E-state index contributed by atoms with van der Waals surface area (Å²) >= 11 is 0. The lowest BCUT2D eigenvalue weighted by Gasteiger charge is -2.05. The Balaban J connectivity index is 2.16. The number of ether oxygens (including phenoxy) is 2. The van der Waals surface area contributed by atoms with Crippen molar-refractivity contribution in [3.05, 3.63) is 36.4 Å². The number of hydrogen-bond acceptors (Lipinski definition) is 3. The summed E-state index contributed by atoms with van der Waals surface area (Å²) in [5.41, 5.74) is 1.02. The Morgan fingerprint density at radius 2 is 2.21 bits per heavy atom. The summed E-state index contributed by atoms with van der Waals surface area (Å²) < 4.78 is 10.4. The van der Waals surface area contributed by atoms with E-state index in [0.717, 1.165) is 17.1 Å². The van der Waals surface area contributed by atoms with Crippen molar-refractivity contribution in [2.75, 3.05) is 6.79 Å². The number of aliphatic hydroxyl groups excluding tert-OH is 1. The minimum Gasteiger partial charge on any atom is -0.454 e. The molecule has 0 aliphatic carbocycles.